The fraction of sp³-hybridized carbons (Fsp3) is 0.600. The molecule has 1 rings (SSSR count). The van der Waals surface area contributed by atoms with Gasteiger partial charge in [0.05, 0.1) is 0 Å². The van der Waals surface area contributed by atoms with Gasteiger partial charge in [-0.2, -0.15) is 0 Å². The summed E-state index contributed by atoms with van der Waals surface area (Å²) in [4.78, 5) is 0. The highest BCUT2D eigenvalue weighted by Gasteiger charge is 2.20. The molecule has 0 spiro atoms. The minimum Gasteiger partial charge on any atom is -0.492 e. The standard InChI is InChI=1S/C5H9NO2/c1-5(6)4-7-2-3-8-5/h2-3H,4,6H2,1H3. The zero-order valence-electron chi connectivity index (χ0n) is 4.76. The molecule has 0 aromatic carbocycles. The Morgan fingerprint density at radius 3 is 2.62 bits per heavy atom. The van der Waals surface area contributed by atoms with Crippen LogP contribution in [-0.4, -0.2) is 12.3 Å². The van der Waals surface area contributed by atoms with Crippen LogP contribution < -0.4 is 5.73 Å². The highest BCUT2D eigenvalue weighted by Crippen LogP contribution is 2.07. The van der Waals surface area contributed by atoms with E-state index in [0.717, 1.165) is 0 Å². The van der Waals surface area contributed by atoms with Crippen molar-refractivity contribution in [2.24, 2.45) is 5.73 Å². The Morgan fingerprint density at radius 2 is 2.38 bits per heavy atom. The number of nitrogens with two attached hydrogens (primary N) is 1. The van der Waals surface area contributed by atoms with Crippen molar-refractivity contribution in [1.82, 2.24) is 0 Å². The largest absolute Gasteiger partial charge is 0.492 e. The smallest absolute Gasteiger partial charge is 0.189 e. The van der Waals surface area contributed by atoms with E-state index in [9.17, 15) is 0 Å². The number of hydrogen-bond acceptors (Lipinski definition) is 3. The molecule has 1 atom stereocenters. The van der Waals surface area contributed by atoms with Crippen molar-refractivity contribution in [2.75, 3.05) is 6.61 Å². The molecule has 1 unspecified atom stereocenters. The molecular weight excluding hydrogens is 106 g/mol. The summed E-state index contributed by atoms with van der Waals surface area (Å²) in [5, 5.41) is 0. The van der Waals surface area contributed by atoms with Gasteiger partial charge in [-0.15, -0.1) is 0 Å². The van der Waals surface area contributed by atoms with E-state index in [-0.39, 0.29) is 0 Å². The molecule has 3 heteroatoms. The summed E-state index contributed by atoms with van der Waals surface area (Å²) in [7, 11) is 0. The number of hydrogen-bond donors (Lipinski definition) is 1. The lowest BCUT2D eigenvalue weighted by atomic mass is 10.3. The second-order valence-corrected chi connectivity index (χ2v) is 2.01. The highest BCUT2D eigenvalue weighted by atomic mass is 16.6. The summed E-state index contributed by atoms with van der Waals surface area (Å²) in [6, 6.07) is 0. The van der Waals surface area contributed by atoms with Gasteiger partial charge in [-0.3, -0.25) is 5.73 Å². The summed E-state index contributed by atoms with van der Waals surface area (Å²) < 4.78 is 9.79. The van der Waals surface area contributed by atoms with Crippen molar-refractivity contribution < 1.29 is 9.47 Å². The van der Waals surface area contributed by atoms with E-state index >= 15 is 0 Å². The summed E-state index contributed by atoms with van der Waals surface area (Å²) in [5.74, 6) is 0. The lowest BCUT2D eigenvalue weighted by Gasteiger charge is -2.25. The van der Waals surface area contributed by atoms with Gasteiger partial charge in [0.1, 0.15) is 19.1 Å². The van der Waals surface area contributed by atoms with Gasteiger partial charge in [-0.25, -0.2) is 0 Å². The second kappa shape index (κ2) is 1.67. The fourth-order valence-corrected chi connectivity index (χ4v) is 0.470. The Kier molecular flexibility index (Phi) is 1.13. The van der Waals surface area contributed by atoms with Crippen LogP contribution >= 0.6 is 0 Å². The first kappa shape index (κ1) is 5.44. The molecule has 1 aliphatic rings. The highest BCUT2D eigenvalue weighted by molar-refractivity contribution is 4.77. The van der Waals surface area contributed by atoms with E-state index in [4.69, 9.17) is 15.2 Å². The third kappa shape index (κ3) is 1.13. The number of ether oxygens (including phenoxy) is 2. The topological polar surface area (TPSA) is 44.5 Å². The molecule has 0 saturated heterocycles. The summed E-state index contributed by atoms with van der Waals surface area (Å²) in [6.07, 6.45) is 2.93. The Labute approximate surface area is 48.1 Å². The van der Waals surface area contributed by atoms with Gasteiger partial charge < -0.3 is 9.47 Å². The lowest BCUT2D eigenvalue weighted by Crippen LogP contribution is -2.43. The molecule has 8 heavy (non-hydrogen) atoms. The van der Waals surface area contributed by atoms with Crippen molar-refractivity contribution in [2.45, 2.75) is 12.6 Å². The molecule has 0 fully saturated rings. The summed E-state index contributed by atoms with van der Waals surface area (Å²) in [5.41, 5.74) is 4.85. The zero-order chi connectivity index (χ0) is 6.04. The molecule has 1 heterocycles. The van der Waals surface area contributed by atoms with Gasteiger partial charge in [-0.1, -0.05) is 0 Å². The van der Waals surface area contributed by atoms with Gasteiger partial charge in [-0.05, 0) is 6.92 Å². The average molecular weight is 115 g/mol. The molecule has 0 aromatic heterocycles. The molecule has 3 nitrogen and oxygen atoms in total. The van der Waals surface area contributed by atoms with Gasteiger partial charge in [0.2, 0.25) is 0 Å². The van der Waals surface area contributed by atoms with Crippen LogP contribution in [0.2, 0.25) is 0 Å². The van der Waals surface area contributed by atoms with Gasteiger partial charge >= 0.3 is 0 Å². The number of rotatable bonds is 0. The molecular formula is C5H9NO2. The molecule has 0 bridgehead atoms. The zero-order valence-corrected chi connectivity index (χ0v) is 4.76. The average Bonchev–Trinajstić information content (AvgIpc) is 1.65. The van der Waals surface area contributed by atoms with Crippen LogP contribution in [0.15, 0.2) is 12.5 Å². The van der Waals surface area contributed by atoms with Crippen molar-refractivity contribution in [3.63, 3.8) is 0 Å². The molecule has 1 aliphatic heterocycles. The van der Waals surface area contributed by atoms with E-state index in [1.165, 1.54) is 12.5 Å². The normalized spacial score (nSPS) is 35.8. The van der Waals surface area contributed by atoms with Crippen LogP contribution in [0.1, 0.15) is 6.92 Å². The first-order chi connectivity index (χ1) is 3.71. The quantitative estimate of drug-likeness (QED) is 0.489. The van der Waals surface area contributed by atoms with Crippen molar-refractivity contribution in [3.05, 3.63) is 12.5 Å². The van der Waals surface area contributed by atoms with Crippen LogP contribution in [-0.2, 0) is 9.47 Å². The first-order valence-electron chi connectivity index (χ1n) is 2.44. The van der Waals surface area contributed by atoms with Gasteiger partial charge in [0, 0.05) is 0 Å². The maximum Gasteiger partial charge on any atom is 0.189 e. The van der Waals surface area contributed by atoms with E-state index in [1.54, 1.807) is 6.92 Å². The SMILES string of the molecule is CC1(N)COC=CO1. The van der Waals surface area contributed by atoms with Crippen LogP contribution in [0, 0.1) is 0 Å². The Hall–Kier alpha value is -0.700. The second-order valence-electron chi connectivity index (χ2n) is 2.01. The van der Waals surface area contributed by atoms with Crippen molar-refractivity contribution in [3.8, 4) is 0 Å². The Morgan fingerprint density at radius 1 is 1.62 bits per heavy atom. The minimum absolute atomic E-state index is 0.420. The van der Waals surface area contributed by atoms with Gasteiger partial charge in [0.15, 0.2) is 5.72 Å². The maximum atomic E-state index is 5.48. The predicted molar refractivity (Wildman–Crippen MR) is 28.8 cm³/mol. The van der Waals surface area contributed by atoms with E-state index in [2.05, 4.69) is 0 Å². The third-order valence-corrected chi connectivity index (χ3v) is 0.859. The fourth-order valence-electron chi connectivity index (χ4n) is 0.470. The van der Waals surface area contributed by atoms with Crippen LogP contribution in [0.5, 0.6) is 0 Å². The van der Waals surface area contributed by atoms with Crippen LogP contribution in [0.25, 0.3) is 0 Å². The van der Waals surface area contributed by atoms with Crippen LogP contribution in [0.3, 0.4) is 0 Å². The molecule has 2 N–H and O–H groups in total. The molecule has 0 saturated carbocycles. The lowest BCUT2D eigenvalue weighted by molar-refractivity contribution is -0.0404. The van der Waals surface area contributed by atoms with Crippen LogP contribution in [0.4, 0.5) is 0 Å². The van der Waals surface area contributed by atoms with Crippen molar-refractivity contribution in [1.29, 1.82) is 0 Å². The molecule has 0 aliphatic carbocycles. The molecule has 0 aromatic rings. The minimum atomic E-state index is -0.630. The molecule has 0 amide bonds. The Bertz CT molecular complexity index is 109. The van der Waals surface area contributed by atoms with Gasteiger partial charge in [0.25, 0.3) is 0 Å². The van der Waals surface area contributed by atoms with Crippen molar-refractivity contribution >= 4 is 0 Å². The molecule has 46 valence electrons. The third-order valence-electron chi connectivity index (χ3n) is 0.859. The van der Waals surface area contributed by atoms with E-state index < -0.39 is 5.72 Å². The summed E-state index contributed by atoms with van der Waals surface area (Å²) in [6.45, 7) is 2.18. The first-order valence-corrected chi connectivity index (χ1v) is 2.44. The van der Waals surface area contributed by atoms with E-state index in [0.29, 0.717) is 6.61 Å². The Balaban J connectivity index is 2.50. The molecule has 0 radical (unpaired) electrons. The predicted octanol–water partition coefficient (Wildman–Crippen LogP) is 0.179. The summed E-state index contributed by atoms with van der Waals surface area (Å²) >= 11 is 0. The van der Waals surface area contributed by atoms with E-state index in [1.807, 2.05) is 0 Å². The monoisotopic (exact) mass is 115 g/mol. The maximum absolute atomic E-state index is 5.48.